The predicted molar refractivity (Wildman–Crippen MR) is 168 cm³/mol. The average Bonchev–Trinajstić information content (AvgIpc) is 3.60. The number of thiophene rings is 1. The van der Waals surface area contributed by atoms with Crippen LogP contribution in [0.2, 0.25) is 0 Å². The minimum Gasteiger partial charge on any atom is -0.492 e. The lowest BCUT2D eigenvalue weighted by molar-refractivity contribution is -0.143. The molecule has 3 aromatic rings. The number of halogens is 6. The van der Waals surface area contributed by atoms with Gasteiger partial charge in [0.15, 0.2) is 4.32 Å². The molecule has 2 fully saturated rings. The van der Waals surface area contributed by atoms with E-state index in [1.54, 1.807) is 6.07 Å². The fraction of sp³-hybridized carbons (Fsp3) is 0.300. The third kappa shape index (κ3) is 8.71. The number of rotatable bonds is 10. The van der Waals surface area contributed by atoms with Crippen LogP contribution in [0.25, 0.3) is 17.2 Å². The Labute approximate surface area is 277 Å². The number of carboxylic acids is 1. The summed E-state index contributed by atoms with van der Waals surface area (Å²) in [6.45, 7) is 3.38. The minimum atomic E-state index is -5.03. The number of aromatic carboxylic acids is 1. The molecule has 17 heteroatoms. The second-order valence-corrected chi connectivity index (χ2v) is 13.1. The van der Waals surface area contributed by atoms with Crippen molar-refractivity contribution in [3.63, 3.8) is 0 Å². The van der Waals surface area contributed by atoms with E-state index in [2.05, 4.69) is 10.3 Å². The summed E-state index contributed by atoms with van der Waals surface area (Å²) in [5.41, 5.74) is -0.0983. The Morgan fingerprint density at radius 2 is 1.68 bits per heavy atom. The van der Waals surface area contributed by atoms with E-state index in [1.165, 1.54) is 30.3 Å². The van der Waals surface area contributed by atoms with Crippen LogP contribution in [0.4, 0.5) is 26.3 Å². The van der Waals surface area contributed by atoms with E-state index in [0.29, 0.717) is 49.9 Å². The number of carboxylic acid groups (broad SMARTS) is 1. The van der Waals surface area contributed by atoms with Crippen LogP contribution in [0.15, 0.2) is 53.4 Å². The van der Waals surface area contributed by atoms with Gasteiger partial charge < -0.3 is 14.6 Å². The number of ether oxygens (including phenoxy) is 2. The minimum absolute atomic E-state index is 0.0360. The number of nitrogens with zero attached hydrogens (tertiary/aromatic N) is 2. The van der Waals surface area contributed by atoms with Gasteiger partial charge >= 0.3 is 18.3 Å². The van der Waals surface area contributed by atoms with E-state index in [9.17, 15) is 35.9 Å². The molecule has 0 unspecified atom stereocenters. The third-order valence-corrected chi connectivity index (χ3v) is 9.44. The van der Waals surface area contributed by atoms with Gasteiger partial charge in [-0.2, -0.15) is 26.3 Å². The molecule has 2 aromatic carbocycles. The fourth-order valence-electron chi connectivity index (χ4n) is 4.69. The smallest absolute Gasteiger partial charge is 0.416 e. The highest BCUT2D eigenvalue weighted by Gasteiger charge is 2.37. The lowest BCUT2D eigenvalue weighted by Crippen LogP contribution is -2.40. The van der Waals surface area contributed by atoms with Crippen molar-refractivity contribution in [2.24, 2.45) is 0 Å². The van der Waals surface area contributed by atoms with Crippen LogP contribution in [0, 0.1) is 0 Å². The summed E-state index contributed by atoms with van der Waals surface area (Å²) in [6, 6.07) is 8.51. The largest absolute Gasteiger partial charge is 0.492 e. The maximum Gasteiger partial charge on any atom is 0.416 e. The molecule has 0 atom stereocenters. The molecular formula is C30H25F6N3O5S3. The zero-order valence-corrected chi connectivity index (χ0v) is 26.6. The maximum absolute atomic E-state index is 13.6. The van der Waals surface area contributed by atoms with Gasteiger partial charge in [0.2, 0.25) is 0 Å². The number of nitrogens with one attached hydrogen (secondary N) is 1. The number of hydrazine groups is 1. The number of morpholine rings is 1. The first kappa shape index (κ1) is 34.8. The molecule has 2 aliphatic rings. The zero-order valence-electron chi connectivity index (χ0n) is 24.1. The highest BCUT2D eigenvalue weighted by Crippen LogP contribution is 2.40. The maximum atomic E-state index is 13.6. The summed E-state index contributed by atoms with van der Waals surface area (Å²) in [5, 5.41) is 10.3. The topological polar surface area (TPSA) is 91.3 Å². The molecule has 47 heavy (non-hydrogen) atoms. The molecule has 3 heterocycles. The Morgan fingerprint density at radius 3 is 2.30 bits per heavy atom. The van der Waals surface area contributed by atoms with Crippen molar-refractivity contribution in [1.82, 2.24) is 15.3 Å². The highest BCUT2D eigenvalue weighted by atomic mass is 32.2. The van der Waals surface area contributed by atoms with Crippen molar-refractivity contribution in [2.45, 2.75) is 18.9 Å². The van der Waals surface area contributed by atoms with Gasteiger partial charge in [-0.3, -0.25) is 9.69 Å². The zero-order chi connectivity index (χ0) is 33.9. The van der Waals surface area contributed by atoms with Crippen molar-refractivity contribution in [1.29, 1.82) is 0 Å². The molecule has 2 N–H and O–H groups in total. The van der Waals surface area contributed by atoms with Crippen LogP contribution >= 0.6 is 35.3 Å². The van der Waals surface area contributed by atoms with Gasteiger partial charge in [-0.15, -0.1) is 11.3 Å². The summed E-state index contributed by atoms with van der Waals surface area (Å²) in [6.07, 6.45) is -8.64. The molecule has 2 aliphatic heterocycles. The summed E-state index contributed by atoms with van der Waals surface area (Å²) < 4.78 is 93.0. The van der Waals surface area contributed by atoms with Crippen LogP contribution < -0.4 is 10.2 Å². The number of hydrogen-bond donors (Lipinski definition) is 2. The average molecular weight is 718 g/mol. The van der Waals surface area contributed by atoms with E-state index < -0.39 is 35.4 Å². The number of hydrogen-bond acceptors (Lipinski definition) is 9. The molecule has 250 valence electrons. The molecular weight excluding hydrogens is 693 g/mol. The van der Waals surface area contributed by atoms with Crippen LogP contribution in [-0.4, -0.2) is 70.7 Å². The standard InChI is InChI=1S/C30H25F6N3O5S3/c31-29(32,33)20-12-18(13-21(15-20)30(34,35)36)17-1-3-23(44-10-7-38-5-8-43-9-6-38)19(11-17)14-25-26(40)39(28(45)47-25)37-16-22-2-4-24(46-22)27(41)42/h1-4,11-15,37H,5-10,16H2,(H,41,42)/b25-14-. The molecule has 8 nitrogen and oxygen atoms in total. The Balaban J connectivity index is 1.45. The number of benzene rings is 2. The number of thiocarbonyl (C=S) groups is 1. The number of alkyl halides is 6. The van der Waals surface area contributed by atoms with Crippen LogP contribution in [-0.2, 0) is 28.4 Å². The molecule has 0 bridgehead atoms. The lowest BCUT2D eigenvalue weighted by atomic mass is 9.97. The van der Waals surface area contributed by atoms with Crippen LogP contribution in [0.5, 0.6) is 5.75 Å². The molecule has 1 aromatic heterocycles. The predicted octanol–water partition coefficient (Wildman–Crippen LogP) is 6.77. The van der Waals surface area contributed by atoms with Crippen molar-refractivity contribution < 1.29 is 50.5 Å². The number of amides is 1. The van der Waals surface area contributed by atoms with Crippen molar-refractivity contribution in [2.75, 3.05) is 39.5 Å². The van der Waals surface area contributed by atoms with Crippen molar-refractivity contribution in [3.8, 4) is 16.9 Å². The van der Waals surface area contributed by atoms with Gasteiger partial charge in [-0.25, -0.2) is 15.2 Å². The first-order valence-electron chi connectivity index (χ1n) is 13.9. The van der Waals surface area contributed by atoms with E-state index in [-0.39, 0.29) is 55.8 Å². The molecule has 0 spiro atoms. The van der Waals surface area contributed by atoms with E-state index in [0.717, 1.165) is 28.1 Å². The van der Waals surface area contributed by atoms with E-state index in [4.69, 9.17) is 26.8 Å². The molecule has 0 aliphatic carbocycles. The Morgan fingerprint density at radius 1 is 1.00 bits per heavy atom. The van der Waals surface area contributed by atoms with E-state index >= 15 is 0 Å². The van der Waals surface area contributed by atoms with Crippen LogP contribution in [0.1, 0.15) is 31.2 Å². The Hall–Kier alpha value is -3.48. The lowest BCUT2D eigenvalue weighted by Gasteiger charge is -2.26. The monoisotopic (exact) mass is 717 g/mol. The van der Waals surface area contributed by atoms with Crippen molar-refractivity contribution in [3.05, 3.63) is 79.9 Å². The van der Waals surface area contributed by atoms with Gasteiger partial charge in [-0.1, -0.05) is 30.0 Å². The van der Waals surface area contributed by atoms with Gasteiger partial charge in [-0.05, 0) is 59.7 Å². The third-order valence-electron chi connectivity index (χ3n) is 7.06. The van der Waals surface area contributed by atoms with Gasteiger partial charge in [0.1, 0.15) is 17.2 Å². The Bertz CT molecular complexity index is 1670. The molecule has 5 rings (SSSR count). The second kappa shape index (κ2) is 14.3. The normalized spacial score (nSPS) is 17.1. The summed E-state index contributed by atoms with van der Waals surface area (Å²) in [4.78, 5) is 27.5. The number of carbonyl (C=O) groups excluding carboxylic acids is 1. The first-order valence-corrected chi connectivity index (χ1v) is 15.9. The quantitative estimate of drug-likeness (QED) is 0.134. The molecule has 0 radical (unpaired) electrons. The highest BCUT2D eigenvalue weighted by molar-refractivity contribution is 8.26. The summed E-state index contributed by atoms with van der Waals surface area (Å²) in [7, 11) is 0. The number of thioether (sulfide) groups is 1. The summed E-state index contributed by atoms with van der Waals surface area (Å²) in [5.74, 6) is -1.39. The van der Waals surface area contributed by atoms with Crippen molar-refractivity contribution >= 4 is 57.6 Å². The SMILES string of the molecule is O=C(O)c1ccc(CNN2C(=O)/C(=C/c3cc(-c4cc(C(F)(F)F)cc(C(F)(F)F)c4)ccc3OCCN3CCOCC3)SC2=S)s1. The Kier molecular flexibility index (Phi) is 10.6. The molecule has 2 saturated heterocycles. The van der Waals surface area contributed by atoms with E-state index in [1.807, 2.05) is 0 Å². The van der Waals surface area contributed by atoms with Gasteiger partial charge in [0.05, 0.1) is 35.8 Å². The van der Waals surface area contributed by atoms with Gasteiger partial charge in [0.25, 0.3) is 5.91 Å². The second-order valence-electron chi connectivity index (χ2n) is 10.3. The number of carbonyl (C=O) groups is 2. The molecule has 0 saturated carbocycles. The van der Waals surface area contributed by atoms with Crippen LogP contribution in [0.3, 0.4) is 0 Å². The fourth-order valence-corrected chi connectivity index (χ4v) is 6.68. The summed E-state index contributed by atoms with van der Waals surface area (Å²) >= 11 is 7.32. The molecule has 1 amide bonds. The first-order chi connectivity index (χ1) is 22.2. The van der Waals surface area contributed by atoms with Gasteiger partial charge in [0, 0.05) is 30.1 Å².